The van der Waals surface area contributed by atoms with E-state index in [0.717, 1.165) is 0 Å². The second-order valence-electron chi connectivity index (χ2n) is 4.51. The van der Waals surface area contributed by atoms with Crippen LogP contribution in [0.15, 0.2) is 0 Å². The number of carbonyl (C=O) groups is 2. The Bertz CT molecular complexity index is 233. The number of rotatable bonds is 6. The summed E-state index contributed by atoms with van der Waals surface area (Å²) < 4.78 is 10.1. The molecule has 4 nitrogen and oxygen atoms in total. The molecule has 0 aliphatic carbocycles. The number of carbonyl (C=O) groups excluding carboxylic acids is 2. The number of esters is 2. The van der Waals surface area contributed by atoms with E-state index in [-0.39, 0.29) is 29.9 Å². The maximum Gasteiger partial charge on any atom is 0.308 e. The molecular formula is C12H22O4. The fraction of sp³-hybridized carbons (Fsp3) is 0.833. The van der Waals surface area contributed by atoms with Crippen LogP contribution >= 0.6 is 0 Å². The maximum atomic E-state index is 11.2. The van der Waals surface area contributed by atoms with Crippen molar-refractivity contribution >= 4 is 11.9 Å². The van der Waals surface area contributed by atoms with Gasteiger partial charge in [-0.15, -0.1) is 0 Å². The SMILES string of the molecule is CC(C)C(=O)OCC[C@H](C)OC(=O)C(C)C. The Morgan fingerprint density at radius 2 is 1.44 bits per heavy atom. The highest BCUT2D eigenvalue weighted by Gasteiger charge is 2.14. The van der Waals surface area contributed by atoms with Crippen molar-refractivity contribution in [2.45, 2.75) is 47.1 Å². The summed E-state index contributed by atoms with van der Waals surface area (Å²) in [7, 11) is 0. The lowest BCUT2D eigenvalue weighted by Gasteiger charge is -2.15. The summed E-state index contributed by atoms with van der Waals surface area (Å²) in [5.74, 6) is -0.681. The van der Waals surface area contributed by atoms with Gasteiger partial charge in [0.05, 0.1) is 18.4 Å². The van der Waals surface area contributed by atoms with Gasteiger partial charge in [0.15, 0.2) is 0 Å². The first-order valence-corrected chi connectivity index (χ1v) is 5.71. The molecule has 0 fully saturated rings. The number of ether oxygens (including phenoxy) is 2. The Morgan fingerprint density at radius 3 is 1.88 bits per heavy atom. The molecule has 0 saturated carbocycles. The molecule has 0 N–H and O–H groups in total. The van der Waals surface area contributed by atoms with Gasteiger partial charge in [-0.1, -0.05) is 27.7 Å². The van der Waals surface area contributed by atoms with Crippen molar-refractivity contribution < 1.29 is 19.1 Å². The number of hydrogen-bond acceptors (Lipinski definition) is 4. The normalized spacial score (nSPS) is 12.7. The summed E-state index contributed by atoms with van der Waals surface area (Å²) in [5, 5.41) is 0. The molecule has 16 heavy (non-hydrogen) atoms. The Labute approximate surface area is 97.3 Å². The molecule has 94 valence electrons. The van der Waals surface area contributed by atoms with Crippen molar-refractivity contribution in [3.05, 3.63) is 0 Å². The highest BCUT2D eigenvalue weighted by atomic mass is 16.6. The summed E-state index contributed by atoms with van der Waals surface area (Å²) in [6, 6.07) is 0. The molecule has 0 aromatic heterocycles. The van der Waals surface area contributed by atoms with Crippen LogP contribution in [0.25, 0.3) is 0 Å². The van der Waals surface area contributed by atoms with Gasteiger partial charge in [-0.05, 0) is 6.92 Å². The van der Waals surface area contributed by atoms with Gasteiger partial charge in [0.1, 0.15) is 6.10 Å². The van der Waals surface area contributed by atoms with Crippen LogP contribution in [0, 0.1) is 11.8 Å². The molecule has 0 aromatic rings. The van der Waals surface area contributed by atoms with E-state index in [1.165, 1.54) is 0 Å². The van der Waals surface area contributed by atoms with E-state index in [2.05, 4.69) is 0 Å². The molecule has 0 spiro atoms. The van der Waals surface area contributed by atoms with Crippen molar-refractivity contribution in [2.24, 2.45) is 11.8 Å². The van der Waals surface area contributed by atoms with Crippen molar-refractivity contribution in [3.63, 3.8) is 0 Å². The summed E-state index contributed by atoms with van der Waals surface area (Å²) in [6.45, 7) is 9.23. The predicted octanol–water partition coefficient (Wildman–Crippen LogP) is 2.16. The smallest absolute Gasteiger partial charge is 0.308 e. The Balaban J connectivity index is 3.70. The van der Waals surface area contributed by atoms with E-state index in [1.807, 2.05) is 0 Å². The zero-order valence-electron chi connectivity index (χ0n) is 10.8. The van der Waals surface area contributed by atoms with Crippen LogP contribution in [0.1, 0.15) is 41.0 Å². The number of hydrogen-bond donors (Lipinski definition) is 0. The minimum atomic E-state index is -0.220. The summed E-state index contributed by atoms with van der Waals surface area (Å²) in [6.07, 6.45) is 0.326. The third kappa shape index (κ3) is 6.43. The lowest BCUT2D eigenvalue weighted by Crippen LogP contribution is -2.21. The van der Waals surface area contributed by atoms with Crippen LogP contribution in [-0.2, 0) is 19.1 Å². The summed E-state index contributed by atoms with van der Waals surface area (Å²) >= 11 is 0. The van der Waals surface area contributed by atoms with E-state index in [9.17, 15) is 9.59 Å². The second-order valence-corrected chi connectivity index (χ2v) is 4.51. The summed E-state index contributed by atoms with van der Waals surface area (Å²) in [4.78, 5) is 22.4. The third-order valence-corrected chi connectivity index (χ3v) is 2.03. The molecule has 0 radical (unpaired) electrons. The highest BCUT2D eigenvalue weighted by Crippen LogP contribution is 2.05. The van der Waals surface area contributed by atoms with Gasteiger partial charge in [0.25, 0.3) is 0 Å². The Kier molecular flexibility index (Phi) is 6.77. The van der Waals surface area contributed by atoms with E-state index in [1.54, 1.807) is 34.6 Å². The summed E-state index contributed by atoms with van der Waals surface area (Å²) in [5.41, 5.74) is 0. The Morgan fingerprint density at radius 1 is 0.938 bits per heavy atom. The van der Waals surface area contributed by atoms with Crippen LogP contribution in [-0.4, -0.2) is 24.6 Å². The molecule has 1 atom stereocenters. The van der Waals surface area contributed by atoms with E-state index < -0.39 is 0 Å². The molecule has 0 bridgehead atoms. The molecular weight excluding hydrogens is 208 g/mol. The van der Waals surface area contributed by atoms with Gasteiger partial charge in [0, 0.05) is 6.42 Å². The molecule has 0 unspecified atom stereocenters. The third-order valence-electron chi connectivity index (χ3n) is 2.03. The zero-order valence-corrected chi connectivity index (χ0v) is 10.8. The predicted molar refractivity (Wildman–Crippen MR) is 60.8 cm³/mol. The molecule has 0 saturated heterocycles. The topological polar surface area (TPSA) is 52.6 Å². The van der Waals surface area contributed by atoms with E-state index >= 15 is 0 Å². The lowest BCUT2D eigenvalue weighted by atomic mass is 10.2. The minimum absolute atomic E-state index is 0.117. The molecule has 0 rings (SSSR count). The quantitative estimate of drug-likeness (QED) is 0.656. The largest absolute Gasteiger partial charge is 0.465 e. The van der Waals surface area contributed by atoms with Crippen LogP contribution in [0.5, 0.6) is 0 Å². The second kappa shape index (κ2) is 7.25. The van der Waals surface area contributed by atoms with Crippen molar-refractivity contribution in [1.82, 2.24) is 0 Å². The standard InChI is InChI=1S/C12H22O4/c1-8(2)11(13)15-7-6-10(5)16-12(14)9(3)4/h8-10H,6-7H2,1-5H3/t10-/m0/s1. The van der Waals surface area contributed by atoms with E-state index in [0.29, 0.717) is 13.0 Å². The Hall–Kier alpha value is -1.06. The maximum absolute atomic E-state index is 11.2. The van der Waals surface area contributed by atoms with Crippen molar-refractivity contribution in [2.75, 3.05) is 6.61 Å². The van der Waals surface area contributed by atoms with Crippen LogP contribution in [0.3, 0.4) is 0 Å². The minimum Gasteiger partial charge on any atom is -0.465 e. The first-order valence-electron chi connectivity index (χ1n) is 5.71. The van der Waals surface area contributed by atoms with Crippen LogP contribution in [0.2, 0.25) is 0 Å². The molecule has 0 amide bonds. The molecule has 4 heteroatoms. The molecule has 0 aromatic carbocycles. The zero-order chi connectivity index (χ0) is 12.7. The fourth-order valence-electron chi connectivity index (χ4n) is 0.885. The van der Waals surface area contributed by atoms with Gasteiger partial charge in [-0.2, -0.15) is 0 Å². The first kappa shape index (κ1) is 14.9. The fourth-order valence-corrected chi connectivity index (χ4v) is 0.885. The van der Waals surface area contributed by atoms with Gasteiger partial charge in [-0.3, -0.25) is 9.59 Å². The molecule has 0 aliphatic heterocycles. The van der Waals surface area contributed by atoms with Gasteiger partial charge in [0.2, 0.25) is 0 Å². The molecule has 0 heterocycles. The average molecular weight is 230 g/mol. The monoisotopic (exact) mass is 230 g/mol. The van der Waals surface area contributed by atoms with Crippen LogP contribution < -0.4 is 0 Å². The van der Waals surface area contributed by atoms with Gasteiger partial charge < -0.3 is 9.47 Å². The average Bonchev–Trinajstić information content (AvgIpc) is 2.16. The van der Waals surface area contributed by atoms with Crippen molar-refractivity contribution in [1.29, 1.82) is 0 Å². The molecule has 0 aliphatic rings. The lowest BCUT2D eigenvalue weighted by molar-refractivity contribution is -0.154. The van der Waals surface area contributed by atoms with Gasteiger partial charge in [-0.25, -0.2) is 0 Å². The van der Waals surface area contributed by atoms with Gasteiger partial charge >= 0.3 is 11.9 Å². The first-order chi connectivity index (χ1) is 7.34. The van der Waals surface area contributed by atoms with Crippen LogP contribution in [0.4, 0.5) is 0 Å². The highest BCUT2D eigenvalue weighted by molar-refractivity contribution is 5.72. The van der Waals surface area contributed by atoms with E-state index in [4.69, 9.17) is 9.47 Å². The van der Waals surface area contributed by atoms with Crippen molar-refractivity contribution in [3.8, 4) is 0 Å².